The molecular formula is C30H49O3P2+3. The van der Waals surface area contributed by atoms with Crippen molar-refractivity contribution in [2.24, 2.45) is 0 Å². The molecule has 0 aromatic carbocycles. The summed E-state index contributed by atoms with van der Waals surface area (Å²) in [5.74, 6) is -0.527. The molecule has 2 fully saturated rings. The van der Waals surface area contributed by atoms with Crippen LogP contribution in [0.15, 0.2) is 34.9 Å². The topological polar surface area (TPSA) is 43.4 Å². The Kier molecular flexibility index (Phi) is 9.19. The number of fused-ring (bicyclic) bond motifs is 2. The zero-order valence-corrected chi connectivity index (χ0v) is 25.3. The smallest absolute Gasteiger partial charge is 0.381 e. The van der Waals surface area contributed by atoms with Crippen LogP contribution < -0.4 is 0 Å². The zero-order chi connectivity index (χ0) is 26.0. The molecule has 0 bridgehead atoms. The highest BCUT2D eigenvalue weighted by Crippen LogP contribution is 3.06. The minimum absolute atomic E-state index is 0.116. The number of hydrogen-bond acceptors (Lipinski definition) is 3. The lowest BCUT2D eigenvalue weighted by Crippen LogP contribution is -2.38. The molecule has 1 aliphatic carbocycles. The molecule has 2 saturated heterocycles. The molecule has 2 spiro atoms. The Hall–Kier alpha value is -0.910. The van der Waals surface area contributed by atoms with Crippen molar-refractivity contribution in [3.8, 4) is 0 Å². The normalized spacial score (nSPS) is 34.4. The maximum absolute atomic E-state index is 12.9. The monoisotopic (exact) mass is 519 g/mol. The van der Waals surface area contributed by atoms with Crippen molar-refractivity contribution in [1.82, 2.24) is 0 Å². The molecule has 0 aromatic heterocycles. The van der Waals surface area contributed by atoms with Crippen molar-refractivity contribution < 1.29 is 14.3 Å². The molecule has 3 nitrogen and oxygen atoms in total. The van der Waals surface area contributed by atoms with Crippen LogP contribution in [0.3, 0.4) is 0 Å². The van der Waals surface area contributed by atoms with Gasteiger partial charge in [-0.05, 0) is 79.1 Å². The lowest BCUT2D eigenvalue weighted by molar-refractivity contribution is -0.150. The number of rotatable bonds is 0. The second-order valence-electron chi connectivity index (χ2n) is 11.6. The third kappa shape index (κ3) is 4.22. The predicted molar refractivity (Wildman–Crippen MR) is 155 cm³/mol. The predicted octanol–water partition coefficient (Wildman–Crippen LogP) is 9.11. The van der Waals surface area contributed by atoms with Crippen molar-refractivity contribution in [3.05, 3.63) is 41.4 Å². The van der Waals surface area contributed by atoms with E-state index in [0.29, 0.717) is 22.6 Å². The molecule has 0 radical (unpaired) electrons. The molecule has 0 saturated carbocycles. The number of cyclic esters (lactones) is 2. The summed E-state index contributed by atoms with van der Waals surface area (Å²) in [6, 6.07) is 0. The fourth-order valence-electron chi connectivity index (χ4n) is 8.39. The fraction of sp³-hybridized carbons (Fsp3) is 0.700. The van der Waals surface area contributed by atoms with E-state index in [4.69, 9.17) is 4.74 Å². The van der Waals surface area contributed by atoms with E-state index in [0.717, 1.165) is 10.6 Å². The van der Waals surface area contributed by atoms with E-state index in [9.17, 15) is 9.59 Å². The van der Waals surface area contributed by atoms with Gasteiger partial charge in [-0.25, -0.2) is 9.59 Å². The molecule has 0 aromatic rings. The van der Waals surface area contributed by atoms with Gasteiger partial charge in [0.15, 0.2) is 4.90 Å². The minimum Gasteiger partial charge on any atom is -0.381 e. The molecule has 5 rings (SSSR count). The molecular weight excluding hydrogens is 470 g/mol. The Balaban J connectivity index is 0.000000260. The van der Waals surface area contributed by atoms with E-state index >= 15 is 0 Å². The van der Waals surface area contributed by atoms with Crippen LogP contribution in [0.25, 0.3) is 0 Å². The first-order valence-corrected chi connectivity index (χ1v) is 17.7. The van der Waals surface area contributed by atoms with E-state index < -0.39 is 14.5 Å². The van der Waals surface area contributed by atoms with Crippen molar-refractivity contribution in [2.45, 2.75) is 134 Å². The third-order valence-corrected chi connectivity index (χ3v) is 24.1. The summed E-state index contributed by atoms with van der Waals surface area (Å²) in [5.41, 5.74) is 2.19. The fourth-order valence-corrected chi connectivity index (χ4v) is 27.3. The van der Waals surface area contributed by atoms with Gasteiger partial charge in [0.05, 0.1) is 42.9 Å². The van der Waals surface area contributed by atoms with Gasteiger partial charge in [0.1, 0.15) is 14.5 Å². The summed E-state index contributed by atoms with van der Waals surface area (Å²) >= 11 is 0. The van der Waals surface area contributed by atoms with Crippen LogP contribution in [0.5, 0.6) is 0 Å². The molecule has 194 valence electrons. The first-order valence-electron chi connectivity index (χ1n) is 13.9. The highest BCUT2D eigenvalue weighted by atomic mass is 31.2. The summed E-state index contributed by atoms with van der Waals surface area (Å²) in [5, 5.41) is 1.87. The zero-order valence-electron chi connectivity index (χ0n) is 23.5. The lowest BCUT2D eigenvalue weighted by Gasteiger charge is -2.45. The summed E-state index contributed by atoms with van der Waals surface area (Å²) < 4.78 is 5.29. The van der Waals surface area contributed by atoms with Crippen molar-refractivity contribution >= 4 is 26.5 Å². The standard InChI is InChI=1S/C19H30O3P2.C8H12.C3H7/c1-11-7-8-12(2)23(11)15-16(18(21)22-17(15)20)24(19(23,5)6)13(3)9-10-14(24)4;1-2-4-6-8-7-5-3-1;1-3-2/h11-14H,7-10H2,1-6H3;1-2,7-8H,3-6H2;3H,1-2H3/q+2;;+1/b;2-1-,8-7?;/t11-,12-,13-,14-;;/m0../s1. The van der Waals surface area contributed by atoms with Crippen LogP contribution in [0.4, 0.5) is 0 Å². The van der Waals surface area contributed by atoms with Crippen molar-refractivity contribution in [1.29, 1.82) is 0 Å². The SMILES string of the molecule is C1=CCC/C=C\CC1.C[C@H]1CC[C@H](C)[P+]12C1=C(C(=O)OC1=O)[P+]1([C@@H](C)CC[C@@H]1C)C2(C)C.C[CH+]C. The van der Waals surface area contributed by atoms with E-state index in [1.54, 1.807) is 0 Å². The Bertz CT molecular complexity index is 797. The van der Waals surface area contributed by atoms with Gasteiger partial charge >= 0.3 is 11.9 Å². The van der Waals surface area contributed by atoms with E-state index in [2.05, 4.69) is 65.8 Å². The highest BCUT2D eigenvalue weighted by molar-refractivity contribution is 8.03. The summed E-state index contributed by atoms with van der Waals surface area (Å²) in [4.78, 5) is 25.9. The van der Waals surface area contributed by atoms with Crippen LogP contribution >= 0.6 is 14.5 Å². The van der Waals surface area contributed by atoms with Gasteiger partial charge in [0.2, 0.25) is 10.6 Å². The summed E-state index contributed by atoms with van der Waals surface area (Å²) in [6.07, 6.45) is 20.8. The number of ether oxygens (including phenoxy) is 1. The van der Waals surface area contributed by atoms with E-state index in [1.807, 2.05) is 20.3 Å². The van der Waals surface area contributed by atoms with Gasteiger partial charge in [-0.1, -0.05) is 24.3 Å². The molecule has 35 heavy (non-hydrogen) atoms. The second kappa shape index (κ2) is 11.2. The number of hydrogen-bond donors (Lipinski definition) is 0. The molecule has 0 amide bonds. The lowest BCUT2D eigenvalue weighted by atomic mass is 10.1. The average molecular weight is 520 g/mol. The minimum atomic E-state index is -1.74. The Labute approximate surface area is 216 Å². The molecule has 4 heterocycles. The Morgan fingerprint density at radius 3 is 1.20 bits per heavy atom. The number of carbonyl (C=O) groups is 2. The molecule has 4 aliphatic heterocycles. The second-order valence-corrected chi connectivity index (χ2v) is 21.8. The van der Waals surface area contributed by atoms with Gasteiger partial charge in [-0.2, -0.15) is 0 Å². The molecule has 0 N–H and O–H groups in total. The van der Waals surface area contributed by atoms with Gasteiger partial charge in [0.25, 0.3) is 0 Å². The quantitative estimate of drug-likeness (QED) is 0.105. The maximum Gasteiger partial charge on any atom is 0.386 e. The van der Waals surface area contributed by atoms with Crippen LogP contribution in [0, 0.1) is 6.42 Å². The summed E-state index contributed by atoms with van der Waals surface area (Å²) in [6.45, 7) is 18.3. The van der Waals surface area contributed by atoms with Gasteiger partial charge in [-0.3, -0.25) is 0 Å². The third-order valence-electron chi connectivity index (χ3n) is 9.47. The number of allylic oxidation sites excluding steroid dienone is 4. The van der Waals surface area contributed by atoms with Gasteiger partial charge in [0, 0.05) is 13.8 Å². The van der Waals surface area contributed by atoms with Crippen LogP contribution in [0.1, 0.15) is 107 Å². The average Bonchev–Trinajstić information content (AvgIpc) is 3.39. The van der Waals surface area contributed by atoms with Crippen molar-refractivity contribution in [2.75, 3.05) is 0 Å². The molecule has 4 atom stereocenters. The molecule has 0 unspecified atom stereocenters. The first kappa shape index (κ1) is 28.7. The van der Waals surface area contributed by atoms with Crippen LogP contribution in [-0.4, -0.2) is 39.5 Å². The highest BCUT2D eigenvalue weighted by Gasteiger charge is 2.89. The maximum atomic E-state index is 12.9. The molecule has 5 heteroatoms. The molecule has 5 aliphatic rings. The number of esters is 2. The van der Waals surface area contributed by atoms with Crippen LogP contribution in [-0.2, 0) is 14.3 Å². The Morgan fingerprint density at radius 2 is 0.943 bits per heavy atom. The van der Waals surface area contributed by atoms with Crippen LogP contribution in [0.2, 0.25) is 0 Å². The van der Waals surface area contributed by atoms with E-state index in [1.165, 1.54) is 51.4 Å². The van der Waals surface area contributed by atoms with Crippen molar-refractivity contribution in [3.63, 3.8) is 0 Å². The first-order chi connectivity index (χ1) is 16.6. The summed E-state index contributed by atoms with van der Waals surface area (Å²) in [7, 11) is -3.47. The van der Waals surface area contributed by atoms with Gasteiger partial charge < -0.3 is 4.74 Å². The number of carbonyl (C=O) groups excluding carboxylic acids is 2. The largest absolute Gasteiger partial charge is 0.386 e. The van der Waals surface area contributed by atoms with Gasteiger partial charge in [-0.15, -0.1) is 0 Å². The Morgan fingerprint density at radius 1 is 0.686 bits per heavy atom. The van der Waals surface area contributed by atoms with E-state index in [-0.39, 0.29) is 16.8 Å².